The highest BCUT2D eigenvalue weighted by molar-refractivity contribution is 9.10. The van der Waals surface area contributed by atoms with Gasteiger partial charge in [0, 0.05) is 5.69 Å². The van der Waals surface area contributed by atoms with Crippen molar-refractivity contribution in [3.05, 3.63) is 57.1 Å². The molecule has 1 amide bonds. The molecular weight excluding hydrogens is 396 g/mol. The van der Waals surface area contributed by atoms with Crippen LogP contribution >= 0.6 is 15.9 Å². The van der Waals surface area contributed by atoms with Crippen LogP contribution < -0.4 is 14.8 Å². The number of nitriles is 1. The number of amides is 1. The van der Waals surface area contributed by atoms with E-state index in [-0.39, 0.29) is 5.57 Å². The fourth-order valence-corrected chi connectivity index (χ4v) is 3.03. The van der Waals surface area contributed by atoms with Gasteiger partial charge in [-0.3, -0.25) is 4.79 Å². The van der Waals surface area contributed by atoms with Crippen molar-refractivity contribution in [1.82, 2.24) is 0 Å². The number of halogens is 1. The van der Waals surface area contributed by atoms with E-state index in [1.165, 1.54) is 20.3 Å². The molecule has 0 radical (unpaired) electrons. The summed E-state index contributed by atoms with van der Waals surface area (Å²) in [5.74, 6) is 0.579. The van der Waals surface area contributed by atoms with E-state index in [0.717, 1.165) is 11.1 Å². The van der Waals surface area contributed by atoms with Crippen molar-refractivity contribution in [3.8, 4) is 17.6 Å². The summed E-state index contributed by atoms with van der Waals surface area (Å²) in [6, 6.07) is 11.0. The molecule has 26 heavy (non-hydrogen) atoms. The molecule has 0 aliphatic carbocycles. The lowest BCUT2D eigenvalue weighted by Gasteiger charge is -2.11. The van der Waals surface area contributed by atoms with E-state index in [1.54, 1.807) is 12.1 Å². The summed E-state index contributed by atoms with van der Waals surface area (Å²) in [6.45, 7) is 3.89. The van der Waals surface area contributed by atoms with Gasteiger partial charge in [0.15, 0.2) is 11.5 Å². The maximum Gasteiger partial charge on any atom is 0.266 e. The van der Waals surface area contributed by atoms with Crippen molar-refractivity contribution in [2.75, 3.05) is 19.5 Å². The fourth-order valence-electron chi connectivity index (χ4n) is 2.41. The van der Waals surface area contributed by atoms with Gasteiger partial charge in [-0.15, -0.1) is 0 Å². The highest BCUT2D eigenvalue weighted by Gasteiger charge is 2.14. The van der Waals surface area contributed by atoms with Crippen molar-refractivity contribution < 1.29 is 14.3 Å². The number of carbonyl (C=O) groups excluding carboxylic acids is 1. The molecule has 1 N–H and O–H groups in total. The molecule has 5 nitrogen and oxygen atoms in total. The Kier molecular flexibility index (Phi) is 6.42. The maximum atomic E-state index is 12.5. The number of anilines is 1. The second-order valence-electron chi connectivity index (χ2n) is 5.61. The smallest absolute Gasteiger partial charge is 0.266 e. The Morgan fingerprint density at radius 1 is 1.23 bits per heavy atom. The first kappa shape index (κ1) is 19.5. The lowest BCUT2D eigenvalue weighted by Crippen LogP contribution is -2.14. The van der Waals surface area contributed by atoms with Crippen LogP contribution in [-0.2, 0) is 4.79 Å². The zero-order valence-corrected chi connectivity index (χ0v) is 16.6. The molecule has 0 aromatic heterocycles. The van der Waals surface area contributed by atoms with Crippen molar-refractivity contribution in [3.63, 3.8) is 0 Å². The van der Waals surface area contributed by atoms with Gasteiger partial charge in [0.1, 0.15) is 11.6 Å². The molecule has 0 saturated carbocycles. The van der Waals surface area contributed by atoms with Crippen LogP contribution in [0.3, 0.4) is 0 Å². The number of ether oxygens (including phenoxy) is 2. The first-order chi connectivity index (χ1) is 12.4. The number of nitrogens with zero attached hydrogens (tertiary/aromatic N) is 1. The molecule has 0 bridgehead atoms. The van der Waals surface area contributed by atoms with Gasteiger partial charge in [0.25, 0.3) is 5.91 Å². The van der Waals surface area contributed by atoms with Crippen molar-refractivity contribution in [1.29, 1.82) is 5.26 Å². The number of aryl methyl sites for hydroxylation is 1. The van der Waals surface area contributed by atoms with Gasteiger partial charge < -0.3 is 14.8 Å². The summed E-state index contributed by atoms with van der Waals surface area (Å²) >= 11 is 3.40. The van der Waals surface area contributed by atoms with E-state index in [9.17, 15) is 10.1 Å². The number of rotatable bonds is 5. The molecule has 0 aliphatic heterocycles. The molecule has 134 valence electrons. The SMILES string of the molecule is COc1cc(/C=C(/C#N)C(=O)Nc2cccc(C)c2C)cc(Br)c1OC. The summed E-state index contributed by atoms with van der Waals surface area (Å²) in [5.41, 5.74) is 3.35. The minimum Gasteiger partial charge on any atom is -0.493 e. The first-order valence-electron chi connectivity index (χ1n) is 7.82. The van der Waals surface area contributed by atoms with E-state index >= 15 is 0 Å². The van der Waals surface area contributed by atoms with Crippen LogP contribution in [-0.4, -0.2) is 20.1 Å². The monoisotopic (exact) mass is 414 g/mol. The van der Waals surface area contributed by atoms with Crippen molar-refractivity contribution in [2.24, 2.45) is 0 Å². The Hall–Kier alpha value is -2.78. The van der Waals surface area contributed by atoms with Gasteiger partial charge in [0.2, 0.25) is 0 Å². The number of benzene rings is 2. The number of nitrogens with one attached hydrogen (secondary N) is 1. The topological polar surface area (TPSA) is 71.3 Å². The zero-order chi connectivity index (χ0) is 19.3. The lowest BCUT2D eigenvalue weighted by molar-refractivity contribution is -0.112. The Balaban J connectivity index is 2.36. The molecule has 0 fully saturated rings. The van der Waals surface area contributed by atoms with Gasteiger partial charge in [-0.05, 0) is 70.7 Å². The summed E-state index contributed by atoms with van der Waals surface area (Å²) < 4.78 is 11.2. The number of methoxy groups -OCH3 is 2. The summed E-state index contributed by atoms with van der Waals surface area (Å²) in [4.78, 5) is 12.5. The van der Waals surface area contributed by atoms with Crippen LogP contribution in [0.1, 0.15) is 16.7 Å². The molecule has 0 heterocycles. The van der Waals surface area contributed by atoms with Gasteiger partial charge >= 0.3 is 0 Å². The largest absolute Gasteiger partial charge is 0.493 e. The van der Waals surface area contributed by atoms with Crippen LogP contribution in [0.2, 0.25) is 0 Å². The van der Waals surface area contributed by atoms with E-state index < -0.39 is 5.91 Å². The second-order valence-corrected chi connectivity index (χ2v) is 6.46. The Morgan fingerprint density at radius 3 is 2.58 bits per heavy atom. The van der Waals surface area contributed by atoms with Gasteiger partial charge in [-0.1, -0.05) is 12.1 Å². The molecule has 2 rings (SSSR count). The molecule has 0 atom stereocenters. The normalized spacial score (nSPS) is 10.8. The number of carbonyl (C=O) groups is 1. The first-order valence-corrected chi connectivity index (χ1v) is 8.61. The summed E-state index contributed by atoms with van der Waals surface area (Å²) in [6.07, 6.45) is 1.51. The van der Waals surface area contributed by atoms with Crippen molar-refractivity contribution >= 4 is 33.6 Å². The predicted octanol–water partition coefficient (Wildman–Crippen LogP) is 4.63. The van der Waals surface area contributed by atoms with Crippen LogP contribution in [0, 0.1) is 25.2 Å². The minimum absolute atomic E-state index is 0.00924. The van der Waals surface area contributed by atoms with Crippen LogP contribution in [0.4, 0.5) is 5.69 Å². The van der Waals surface area contributed by atoms with Gasteiger partial charge in [0.05, 0.1) is 18.7 Å². The van der Waals surface area contributed by atoms with Gasteiger partial charge in [-0.25, -0.2) is 0 Å². The predicted molar refractivity (Wildman–Crippen MR) is 105 cm³/mol. The molecule has 0 unspecified atom stereocenters. The molecule has 2 aromatic carbocycles. The third kappa shape index (κ3) is 4.24. The summed E-state index contributed by atoms with van der Waals surface area (Å²) in [7, 11) is 3.06. The molecule has 6 heteroatoms. The quantitative estimate of drug-likeness (QED) is 0.571. The average Bonchev–Trinajstić information content (AvgIpc) is 2.62. The number of hydrogen-bond acceptors (Lipinski definition) is 4. The second kappa shape index (κ2) is 8.54. The third-order valence-electron chi connectivity index (χ3n) is 3.98. The Morgan fingerprint density at radius 2 is 1.96 bits per heavy atom. The van der Waals surface area contributed by atoms with E-state index in [1.807, 2.05) is 38.1 Å². The van der Waals surface area contributed by atoms with Crippen LogP contribution in [0.5, 0.6) is 11.5 Å². The van der Waals surface area contributed by atoms with E-state index in [4.69, 9.17) is 9.47 Å². The third-order valence-corrected chi connectivity index (χ3v) is 4.57. The van der Waals surface area contributed by atoms with E-state index in [0.29, 0.717) is 27.2 Å². The van der Waals surface area contributed by atoms with E-state index in [2.05, 4.69) is 21.2 Å². The van der Waals surface area contributed by atoms with Crippen LogP contribution in [0.15, 0.2) is 40.4 Å². The molecule has 0 spiro atoms. The minimum atomic E-state index is -0.466. The molecule has 2 aromatic rings. The van der Waals surface area contributed by atoms with Gasteiger partial charge in [-0.2, -0.15) is 5.26 Å². The number of hydrogen-bond donors (Lipinski definition) is 1. The summed E-state index contributed by atoms with van der Waals surface area (Å²) in [5, 5.41) is 12.2. The Bertz CT molecular complexity index is 914. The average molecular weight is 415 g/mol. The standard InChI is InChI=1S/C20H19BrN2O3/c1-12-6-5-7-17(13(12)2)23-20(24)15(11-22)8-14-9-16(21)19(26-4)18(10-14)25-3/h5-10H,1-4H3,(H,23,24)/b15-8-. The molecular formula is C20H19BrN2O3. The fraction of sp³-hybridized carbons (Fsp3) is 0.200. The highest BCUT2D eigenvalue weighted by Crippen LogP contribution is 2.36. The highest BCUT2D eigenvalue weighted by atomic mass is 79.9. The molecule has 0 aliphatic rings. The zero-order valence-electron chi connectivity index (χ0n) is 15.0. The molecule has 0 saturated heterocycles. The van der Waals surface area contributed by atoms with Crippen LogP contribution in [0.25, 0.3) is 6.08 Å². The maximum absolute atomic E-state index is 12.5. The lowest BCUT2D eigenvalue weighted by atomic mass is 10.1. The van der Waals surface area contributed by atoms with Crippen molar-refractivity contribution in [2.45, 2.75) is 13.8 Å². The Labute approximate surface area is 161 Å².